The Morgan fingerprint density at radius 2 is 2.43 bits per heavy atom. The summed E-state index contributed by atoms with van der Waals surface area (Å²) in [5, 5.41) is 8.94. The molecule has 1 aliphatic rings. The second-order valence-corrected chi connectivity index (χ2v) is 4.57. The van der Waals surface area contributed by atoms with Crippen LogP contribution in [0.3, 0.4) is 0 Å². The van der Waals surface area contributed by atoms with Crippen LogP contribution in [0.25, 0.3) is 0 Å². The summed E-state index contributed by atoms with van der Waals surface area (Å²) in [7, 11) is 0. The van der Waals surface area contributed by atoms with Gasteiger partial charge in [-0.25, -0.2) is 4.79 Å². The number of hydrogen-bond acceptors (Lipinski definition) is 4. The Morgan fingerprint density at radius 3 is 2.79 bits per heavy atom. The SMILES string of the molecule is CCC[C@@H](C(=O)O)N1C(=O)CSC1=S. The summed E-state index contributed by atoms with van der Waals surface area (Å²) in [6.45, 7) is 1.88. The Morgan fingerprint density at radius 1 is 1.79 bits per heavy atom. The van der Waals surface area contributed by atoms with Crippen molar-refractivity contribution in [2.75, 3.05) is 5.75 Å². The minimum absolute atomic E-state index is 0.194. The van der Waals surface area contributed by atoms with Crippen molar-refractivity contribution >= 4 is 40.2 Å². The highest BCUT2D eigenvalue weighted by molar-refractivity contribution is 8.23. The first kappa shape index (κ1) is 11.5. The summed E-state index contributed by atoms with van der Waals surface area (Å²) in [5.74, 6) is -0.905. The van der Waals surface area contributed by atoms with Gasteiger partial charge in [-0.1, -0.05) is 37.3 Å². The summed E-state index contributed by atoms with van der Waals surface area (Å²) >= 11 is 6.16. The number of hydrogen-bond donors (Lipinski definition) is 1. The molecule has 1 aliphatic heterocycles. The van der Waals surface area contributed by atoms with Gasteiger partial charge in [0, 0.05) is 0 Å². The first-order valence-electron chi connectivity index (χ1n) is 4.29. The maximum atomic E-state index is 11.4. The summed E-state index contributed by atoms with van der Waals surface area (Å²) in [6.07, 6.45) is 1.16. The van der Waals surface area contributed by atoms with Gasteiger partial charge in [0.25, 0.3) is 0 Å². The molecule has 0 spiro atoms. The molecule has 0 aromatic rings. The van der Waals surface area contributed by atoms with Crippen LogP contribution in [0.15, 0.2) is 0 Å². The molecule has 1 fully saturated rings. The van der Waals surface area contributed by atoms with Crippen molar-refractivity contribution in [1.29, 1.82) is 0 Å². The molecule has 0 aromatic heterocycles. The molecule has 78 valence electrons. The highest BCUT2D eigenvalue weighted by atomic mass is 32.2. The highest BCUT2D eigenvalue weighted by Crippen LogP contribution is 2.23. The summed E-state index contributed by atoms with van der Waals surface area (Å²) < 4.78 is 0.385. The molecule has 0 radical (unpaired) electrons. The zero-order valence-corrected chi connectivity index (χ0v) is 9.36. The van der Waals surface area contributed by atoms with E-state index in [9.17, 15) is 9.59 Å². The number of aliphatic carboxylic acids is 1. The Kier molecular flexibility index (Phi) is 3.88. The number of carbonyl (C=O) groups excluding carboxylic acids is 1. The number of thioether (sulfide) groups is 1. The lowest BCUT2D eigenvalue weighted by molar-refractivity contribution is -0.145. The Hall–Kier alpha value is -0.620. The van der Waals surface area contributed by atoms with Crippen molar-refractivity contribution < 1.29 is 14.7 Å². The Labute approximate surface area is 91.6 Å². The third-order valence-electron chi connectivity index (χ3n) is 1.94. The fourth-order valence-corrected chi connectivity index (χ4v) is 2.46. The number of carboxylic acids is 1. The zero-order chi connectivity index (χ0) is 10.7. The molecule has 1 N–H and O–H groups in total. The lowest BCUT2D eigenvalue weighted by Gasteiger charge is -2.22. The predicted octanol–water partition coefficient (Wildman–Crippen LogP) is 1.10. The molecule has 1 saturated heterocycles. The quantitative estimate of drug-likeness (QED) is 0.737. The molecule has 0 bridgehead atoms. The van der Waals surface area contributed by atoms with E-state index in [2.05, 4.69) is 0 Å². The average molecular weight is 233 g/mol. The third-order valence-corrected chi connectivity index (χ3v) is 3.33. The van der Waals surface area contributed by atoms with Gasteiger partial charge in [0.15, 0.2) is 0 Å². The molecule has 14 heavy (non-hydrogen) atoms. The van der Waals surface area contributed by atoms with Gasteiger partial charge in [0.05, 0.1) is 5.75 Å². The molecular weight excluding hydrogens is 222 g/mol. The van der Waals surface area contributed by atoms with Crippen LogP contribution in [-0.4, -0.2) is 38.0 Å². The fraction of sp³-hybridized carbons (Fsp3) is 0.625. The van der Waals surface area contributed by atoms with Gasteiger partial charge in [-0.2, -0.15) is 0 Å². The van der Waals surface area contributed by atoms with E-state index in [1.807, 2.05) is 6.92 Å². The molecule has 6 heteroatoms. The van der Waals surface area contributed by atoms with Crippen LogP contribution >= 0.6 is 24.0 Å². The van der Waals surface area contributed by atoms with Crippen molar-refractivity contribution in [1.82, 2.24) is 4.90 Å². The van der Waals surface area contributed by atoms with E-state index in [0.717, 1.165) is 0 Å². The molecule has 4 nitrogen and oxygen atoms in total. The van der Waals surface area contributed by atoms with Crippen LogP contribution in [0.1, 0.15) is 19.8 Å². The second-order valence-electron chi connectivity index (χ2n) is 2.96. The lowest BCUT2D eigenvalue weighted by atomic mass is 10.1. The smallest absolute Gasteiger partial charge is 0.326 e. The summed E-state index contributed by atoms with van der Waals surface area (Å²) in [4.78, 5) is 23.5. The number of carboxylic acid groups (broad SMARTS) is 1. The molecule has 1 atom stereocenters. The Bertz CT molecular complexity index is 264. The Balaban J connectivity index is 2.81. The van der Waals surface area contributed by atoms with E-state index in [1.54, 1.807) is 0 Å². The van der Waals surface area contributed by atoms with Gasteiger partial charge in [-0.3, -0.25) is 9.69 Å². The molecule has 0 aromatic carbocycles. The topological polar surface area (TPSA) is 57.6 Å². The van der Waals surface area contributed by atoms with E-state index >= 15 is 0 Å². The van der Waals surface area contributed by atoms with Gasteiger partial charge in [-0.15, -0.1) is 0 Å². The van der Waals surface area contributed by atoms with Crippen molar-refractivity contribution in [3.8, 4) is 0 Å². The molecule has 0 saturated carbocycles. The molecule has 0 aliphatic carbocycles. The molecular formula is C8H11NO3S2. The number of thiocarbonyl (C=S) groups is 1. The normalized spacial score (nSPS) is 18.8. The van der Waals surface area contributed by atoms with Gasteiger partial charge in [-0.05, 0) is 6.42 Å². The number of rotatable bonds is 4. The predicted molar refractivity (Wildman–Crippen MR) is 58.2 cm³/mol. The van der Waals surface area contributed by atoms with Crippen LogP contribution < -0.4 is 0 Å². The average Bonchev–Trinajstić information content (AvgIpc) is 2.43. The number of carbonyl (C=O) groups is 2. The molecule has 1 rings (SSSR count). The minimum atomic E-state index is -0.981. The van der Waals surface area contributed by atoms with E-state index in [1.165, 1.54) is 16.7 Å². The van der Waals surface area contributed by atoms with Crippen LogP contribution in [0.4, 0.5) is 0 Å². The van der Waals surface area contributed by atoms with Crippen LogP contribution in [-0.2, 0) is 9.59 Å². The van der Waals surface area contributed by atoms with Crippen molar-refractivity contribution in [2.24, 2.45) is 0 Å². The monoisotopic (exact) mass is 233 g/mol. The van der Waals surface area contributed by atoms with Crippen LogP contribution in [0.2, 0.25) is 0 Å². The number of nitrogens with zero attached hydrogens (tertiary/aromatic N) is 1. The summed E-state index contributed by atoms with van der Waals surface area (Å²) in [5.41, 5.74) is 0. The summed E-state index contributed by atoms with van der Waals surface area (Å²) in [6, 6.07) is -0.782. The largest absolute Gasteiger partial charge is 0.480 e. The van der Waals surface area contributed by atoms with E-state index in [4.69, 9.17) is 17.3 Å². The van der Waals surface area contributed by atoms with Gasteiger partial charge in [0.1, 0.15) is 10.4 Å². The molecule has 0 unspecified atom stereocenters. The highest BCUT2D eigenvalue weighted by Gasteiger charge is 2.36. The maximum absolute atomic E-state index is 11.4. The lowest BCUT2D eigenvalue weighted by Crippen LogP contribution is -2.43. The van der Waals surface area contributed by atoms with Crippen LogP contribution in [0, 0.1) is 0 Å². The molecule has 1 amide bonds. The maximum Gasteiger partial charge on any atom is 0.326 e. The van der Waals surface area contributed by atoms with Gasteiger partial charge >= 0.3 is 5.97 Å². The molecule has 1 heterocycles. The first-order chi connectivity index (χ1) is 6.57. The zero-order valence-electron chi connectivity index (χ0n) is 7.73. The van der Waals surface area contributed by atoms with E-state index < -0.39 is 12.0 Å². The first-order valence-corrected chi connectivity index (χ1v) is 5.69. The number of amides is 1. The van der Waals surface area contributed by atoms with Crippen molar-refractivity contribution in [3.63, 3.8) is 0 Å². The van der Waals surface area contributed by atoms with Crippen molar-refractivity contribution in [3.05, 3.63) is 0 Å². The van der Waals surface area contributed by atoms with Gasteiger partial charge < -0.3 is 5.11 Å². The van der Waals surface area contributed by atoms with Crippen molar-refractivity contribution in [2.45, 2.75) is 25.8 Å². The van der Waals surface area contributed by atoms with E-state index in [-0.39, 0.29) is 11.7 Å². The second kappa shape index (κ2) is 4.75. The van der Waals surface area contributed by atoms with E-state index in [0.29, 0.717) is 17.2 Å². The minimum Gasteiger partial charge on any atom is -0.480 e. The van der Waals surface area contributed by atoms with Crippen LogP contribution in [0.5, 0.6) is 0 Å². The van der Waals surface area contributed by atoms with Gasteiger partial charge in [0.2, 0.25) is 5.91 Å². The third kappa shape index (κ3) is 2.24. The standard InChI is InChI=1S/C8H11NO3S2/c1-2-3-5(7(11)12)9-6(10)4-14-8(9)13/h5H,2-4H2,1H3,(H,11,12)/t5-/m0/s1. The fourth-order valence-electron chi connectivity index (χ4n) is 1.30.